The molecule has 0 atom stereocenters. The molecule has 0 spiro atoms. The molecule has 0 amide bonds. The van der Waals surface area contributed by atoms with E-state index in [0.717, 1.165) is 6.42 Å². The van der Waals surface area contributed by atoms with Crippen molar-refractivity contribution in [3.05, 3.63) is 23.8 Å². The molecule has 1 rings (SSSR count). The summed E-state index contributed by atoms with van der Waals surface area (Å²) in [7, 11) is 0. The molecule has 1 aromatic carbocycles. The van der Waals surface area contributed by atoms with E-state index in [-0.39, 0.29) is 24.8 Å². The summed E-state index contributed by atoms with van der Waals surface area (Å²) in [4.78, 5) is 21.6. The number of nitrogens with two attached hydrogens (primary N) is 1. The molecule has 1 aromatic rings. The minimum absolute atomic E-state index is 0. The zero-order valence-electron chi connectivity index (χ0n) is 8.53. The molecule has 5 heteroatoms. The summed E-state index contributed by atoms with van der Waals surface area (Å²) in [6.07, 6.45) is 1.77. The van der Waals surface area contributed by atoms with E-state index in [1.54, 1.807) is 6.07 Å². The summed E-state index contributed by atoms with van der Waals surface area (Å²) in [5, 5.41) is 0. The molecule has 0 aliphatic carbocycles. The number of rotatable bonds is 4. The van der Waals surface area contributed by atoms with E-state index < -0.39 is 0 Å². The Kier molecular flexibility index (Phi) is 6.55. The van der Waals surface area contributed by atoms with E-state index in [1.165, 1.54) is 12.1 Å². The van der Waals surface area contributed by atoms with Crippen molar-refractivity contribution in [2.24, 2.45) is 0 Å². The van der Waals surface area contributed by atoms with Crippen molar-refractivity contribution in [1.29, 1.82) is 0 Å². The van der Waals surface area contributed by atoms with Gasteiger partial charge in [-0.25, -0.2) is 0 Å². The van der Waals surface area contributed by atoms with Crippen molar-refractivity contribution in [1.82, 2.24) is 0 Å². The van der Waals surface area contributed by atoms with Crippen LogP contribution in [0.1, 0.15) is 30.1 Å². The molecule has 0 fully saturated rings. The molecular formula is C11H14LiNO3. The summed E-state index contributed by atoms with van der Waals surface area (Å²) >= 11 is 0. The summed E-state index contributed by atoms with van der Waals surface area (Å²) < 4.78 is 5.00. The van der Waals surface area contributed by atoms with Crippen molar-refractivity contribution >= 4 is 36.8 Å². The molecule has 0 heterocycles. The zero-order chi connectivity index (χ0) is 11.3. The van der Waals surface area contributed by atoms with Crippen LogP contribution in [0.5, 0.6) is 5.75 Å². The van der Waals surface area contributed by atoms with Gasteiger partial charge in [0, 0.05) is 23.7 Å². The van der Waals surface area contributed by atoms with Crippen molar-refractivity contribution < 1.29 is 14.3 Å². The first kappa shape index (κ1) is 14.8. The summed E-state index contributed by atoms with van der Waals surface area (Å²) in [6.45, 7) is 1.89. The minimum atomic E-state index is -0.296. The molecule has 0 aliphatic heterocycles. The van der Waals surface area contributed by atoms with E-state index in [4.69, 9.17) is 10.5 Å². The predicted octanol–water partition coefficient (Wildman–Crippen LogP) is 1.14. The summed E-state index contributed by atoms with van der Waals surface area (Å²) in [6, 6.07) is 4.54. The van der Waals surface area contributed by atoms with Crippen LogP contribution in [-0.4, -0.2) is 31.1 Å². The number of nitrogen functional groups attached to an aromatic ring is 1. The van der Waals surface area contributed by atoms with Crippen molar-refractivity contribution in [3.63, 3.8) is 0 Å². The van der Waals surface area contributed by atoms with Gasteiger partial charge < -0.3 is 10.5 Å². The van der Waals surface area contributed by atoms with Gasteiger partial charge in [0.2, 0.25) is 0 Å². The molecule has 0 aliphatic rings. The molecule has 0 radical (unpaired) electrons. The van der Waals surface area contributed by atoms with Gasteiger partial charge >= 0.3 is 24.8 Å². The number of aldehydes is 1. The molecule has 82 valence electrons. The third kappa shape index (κ3) is 4.09. The van der Waals surface area contributed by atoms with Gasteiger partial charge in [0.25, 0.3) is 0 Å². The van der Waals surface area contributed by atoms with Gasteiger partial charge in [-0.15, -0.1) is 0 Å². The Morgan fingerprint density at radius 2 is 2.19 bits per heavy atom. The second-order valence-electron chi connectivity index (χ2n) is 3.13. The zero-order valence-corrected chi connectivity index (χ0v) is 8.53. The standard InChI is InChI=1S/C11H13NO3.Li.H/c1-2-3-11(14)15-9-5-4-8(7-13)10(12)6-9;;/h4-7H,2-3,12H2,1H3;;. The maximum atomic E-state index is 11.1. The van der Waals surface area contributed by atoms with Crippen LogP contribution in [0.25, 0.3) is 0 Å². The van der Waals surface area contributed by atoms with Crippen LogP contribution < -0.4 is 10.5 Å². The second kappa shape index (κ2) is 7.10. The molecule has 0 saturated carbocycles. The van der Waals surface area contributed by atoms with E-state index in [9.17, 15) is 9.59 Å². The van der Waals surface area contributed by atoms with Gasteiger partial charge in [-0.1, -0.05) is 6.92 Å². The molecule has 0 saturated heterocycles. The molecule has 4 nitrogen and oxygen atoms in total. The molecular weight excluding hydrogens is 201 g/mol. The third-order valence-corrected chi connectivity index (χ3v) is 1.87. The fraction of sp³-hybridized carbons (Fsp3) is 0.273. The maximum absolute atomic E-state index is 11.1. The number of carbonyl (C=O) groups is 2. The van der Waals surface area contributed by atoms with Crippen LogP contribution in [0, 0.1) is 0 Å². The Labute approximate surface area is 106 Å². The van der Waals surface area contributed by atoms with Crippen LogP contribution in [-0.2, 0) is 4.79 Å². The molecule has 0 unspecified atom stereocenters. The Bertz CT molecular complexity index is 379. The van der Waals surface area contributed by atoms with Gasteiger partial charge in [-0.05, 0) is 18.6 Å². The van der Waals surface area contributed by atoms with Crippen molar-refractivity contribution in [3.8, 4) is 5.75 Å². The van der Waals surface area contributed by atoms with E-state index >= 15 is 0 Å². The topological polar surface area (TPSA) is 69.4 Å². The Morgan fingerprint density at radius 3 is 2.69 bits per heavy atom. The average Bonchev–Trinajstić information content (AvgIpc) is 2.18. The summed E-state index contributed by atoms with van der Waals surface area (Å²) in [5.74, 6) is 0.0762. The number of esters is 1. The fourth-order valence-corrected chi connectivity index (χ4v) is 1.11. The van der Waals surface area contributed by atoms with E-state index in [1.807, 2.05) is 6.92 Å². The first-order chi connectivity index (χ1) is 7.17. The quantitative estimate of drug-likeness (QED) is 0.269. The number of hydrogen-bond donors (Lipinski definition) is 1. The molecule has 0 aromatic heterocycles. The third-order valence-electron chi connectivity index (χ3n) is 1.87. The monoisotopic (exact) mass is 215 g/mol. The van der Waals surface area contributed by atoms with Crippen LogP contribution >= 0.6 is 0 Å². The fourth-order valence-electron chi connectivity index (χ4n) is 1.11. The average molecular weight is 215 g/mol. The van der Waals surface area contributed by atoms with Crippen LogP contribution in [0.15, 0.2) is 18.2 Å². The Morgan fingerprint density at radius 1 is 1.50 bits per heavy atom. The summed E-state index contributed by atoms with van der Waals surface area (Å²) in [5.41, 5.74) is 6.26. The van der Waals surface area contributed by atoms with Crippen molar-refractivity contribution in [2.45, 2.75) is 19.8 Å². The van der Waals surface area contributed by atoms with E-state index in [0.29, 0.717) is 29.7 Å². The van der Waals surface area contributed by atoms with E-state index in [2.05, 4.69) is 0 Å². The van der Waals surface area contributed by atoms with Crippen LogP contribution in [0.3, 0.4) is 0 Å². The number of hydrogen-bond acceptors (Lipinski definition) is 4. The van der Waals surface area contributed by atoms with Gasteiger partial charge in [0.15, 0.2) is 6.29 Å². The van der Waals surface area contributed by atoms with Gasteiger partial charge in [-0.2, -0.15) is 0 Å². The predicted molar refractivity (Wildman–Crippen MR) is 63.9 cm³/mol. The molecule has 2 N–H and O–H groups in total. The number of anilines is 1. The Hall–Kier alpha value is -1.24. The van der Waals surface area contributed by atoms with Gasteiger partial charge in [0.05, 0.1) is 0 Å². The van der Waals surface area contributed by atoms with Gasteiger partial charge in [-0.3, -0.25) is 9.59 Å². The van der Waals surface area contributed by atoms with Crippen LogP contribution in [0.4, 0.5) is 5.69 Å². The SMILES string of the molecule is CCCC(=O)Oc1ccc(C=O)c(N)c1.[LiH]. The molecule has 0 bridgehead atoms. The number of carbonyl (C=O) groups excluding carboxylic acids is 2. The Balaban J connectivity index is 0.00000225. The van der Waals surface area contributed by atoms with Gasteiger partial charge in [0.1, 0.15) is 5.75 Å². The number of benzene rings is 1. The second-order valence-corrected chi connectivity index (χ2v) is 3.13. The molecule has 16 heavy (non-hydrogen) atoms. The first-order valence-corrected chi connectivity index (χ1v) is 4.72. The van der Waals surface area contributed by atoms with Crippen molar-refractivity contribution in [2.75, 3.05) is 5.73 Å². The first-order valence-electron chi connectivity index (χ1n) is 4.72. The normalized spacial score (nSPS) is 9.06. The van der Waals surface area contributed by atoms with Crippen LogP contribution in [0.2, 0.25) is 0 Å². The number of ether oxygens (including phenoxy) is 1.